The van der Waals surface area contributed by atoms with Crippen molar-refractivity contribution in [3.8, 4) is 11.5 Å². The lowest BCUT2D eigenvalue weighted by Gasteiger charge is -2.19. The summed E-state index contributed by atoms with van der Waals surface area (Å²) in [6.45, 7) is 8.72. The van der Waals surface area contributed by atoms with Crippen LogP contribution in [0.25, 0.3) is 22.6 Å². The lowest BCUT2D eigenvalue weighted by Crippen LogP contribution is -2.29. The number of hydrogen-bond acceptors (Lipinski definition) is 4. The summed E-state index contributed by atoms with van der Waals surface area (Å²) >= 11 is 0. The van der Waals surface area contributed by atoms with E-state index in [0.717, 1.165) is 35.9 Å². The maximum absolute atomic E-state index is 13.2. The Balaban J connectivity index is 0.00000141. The van der Waals surface area contributed by atoms with Crippen LogP contribution >= 0.6 is 0 Å². The molecule has 1 atom stereocenters. The van der Waals surface area contributed by atoms with Gasteiger partial charge in [-0.2, -0.15) is 4.98 Å². The first-order chi connectivity index (χ1) is 15.5. The van der Waals surface area contributed by atoms with E-state index in [1.54, 1.807) is 12.1 Å². The summed E-state index contributed by atoms with van der Waals surface area (Å²) in [7, 11) is 0. The Morgan fingerprint density at radius 3 is 2.47 bits per heavy atom. The number of aryl methyl sites for hydroxylation is 2. The predicted octanol–water partition coefficient (Wildman–Crippen LogP) is 4.90. The van der Waals surface area contributed by atoms with E-state index >= 15 is 0 Å². The SMILES string of the molecule is CC.CCCc1ccc2c(c1)nc1c(=O)[nH]c(=O)nc-1n2CCC(C)c1ccc(F)cc1. The van der Waals surface area contributed by atoms with Gasteiger partial charge >= 0.3 is 5.69 Å². The van der Waals surface area contributed by atoms with Gasteiger partial charge in [0.25, 0.3) is 5.56 Å². The summed E-state index contributed by atoms with van der Waals surface area (Å²) in [5.74, 6) is 0.177. The molecule has 0 saturated carbocycles. The molecule has 0 amide bonds. The van der Waals surface area contributed by atoms with Crippen molar-refractivity contribution in [2.45, 2.75) is 59.4 Å². The third kappa shape index (κ3) is 4.93. The Morgan fingerprint density at radius 1 is 1.06 bits per heavy atom. The summed E-state index contributed by atoms with van der Waals surface area (Å²) in [5.41, 5.74) is 2.64. The highest BCUT2D eigenvalue weighted by atomic mass is 19.1. The molecule has 0 aliphatic carbocycles. The van der Waals surface area contributed by atoms with Crippen LogP contribution in [-0.2, 0) is 13.0 Å². The van der Waals surface area contributed by atoms with Crippen LogP contribution < -0.4 is 11.2 Å². The van der Waals surface area contributed by atoms with Crippen LogP contribution in [-0.4, -0.2) is 19.5 Å². The van der Waals surface area contributed by atoms with Crippen molar-refractivity contribution >= 4 is 11.0 Å². The highest BCUT2D eigenvalue weighted by Crippen LogP contribution is 2.26. The van der Waals surface area contributed by atoms with E-state index in [-0.39, 0.29) is 23.3 Å². The minimum Gasteiger partial charge on any atom is -0.322 e. The van der Waals surface area contributed by atoms with Crippen LogP contribution in [0.15, 0.2) is 52.1 Å². The molecule has 32 heavy (non-hydrogen) atoms. The van der Waals surface area contributed by atoms with Crippen molar-refractivity contribution in [3.05, 3.63) is 80.2 Å². The van der Waals surface area contributed by atoms with Gasteiger partial charge in [0.2, 0.25) is 0 Å². The van der Waals surface area contributed by atoms with Crippen molar-refractivity contribution in [2.24, 2.45) is 0 Å². The smallest absolute Gasteiger partial charge is 0.322 e. The van der Waals surface area contributed by atoms with Gasteiger partial charge in [-0.05, 0) is 54.2 Å². The van der Waals surface area contributed by atoms with Crippen LogP contribution in [0.2, 0.25) is 0 Å². The fourth-order valence-electron chi connectivity index (χ4n) is 3.80. The van der Waals surface area contributed by atoms with Crippen LogP contribution in [0.4, 0.5) is 4.39 Å². The summed E-state index contributed by atoms with van der Waals surface area (Å²) < 4.78 is 15.1. The molecule has 2 heterocycles. The molecule has 0 saturated heterocycles. The molecule has 4 rings (SSSR count). The molecular weight excluding hydrogens is 407 g/mol. The first kappa shape index (κ1) is 23.3. The number of rotatable bonds is 6. The largest absolute Gasteiger partial charge is 0.349 e. The lowest BCUT2D eigenvalue weighted by molar-refractivity contribution is 0.579. The molecule has 0 spiro atoms. The molecule has 2 aromatic rings. The fourth-order valence-corrected chi connectivity index (χ4v) is 3.80. The van der Waals surface area contributed by atoms with Gasteiger partial charge in [-0.25, -0.2) is 14.2 Å². The molecule has 7 heteroatoms. The topological polar surface area (TPSA) is 80.6 Å². The van der Waals surface area contributed by atoms with E-state index in [2.05, 4.69) is 28.8 Å². The minimum absolute atomic E-state index is 0.157. The van der Waals surface area contributed by atoms with Crippen LogP contribution in [0.5, 0.6) is 0 Å². The lowest BCUT2D eigenvalue weighted by atomic mass is 9.97. The van der Waals surface area contributed by atoms with Crippen molar-refractivity contribution < 1.29 is 4.39 Å². The van der Waals surface area contributed by atoms with Gasteiger partial charge in [0.1, 0.15) is 5.82 Å². The zero-order chi connectivity index (χ0) is 23.3. The maximum atomic E-state index is 13.2. The van der Waals surface area contributed by atoms with E-state index in [9.17, 15) is 14.0 Å². The molecule has 0 radical (unpaired) electrons. The quantitative estimate of drug-likeness (QED) is 0.436. The maximum Gasteiger partial charge on any atom is 0.349 e. The summed E-state index contributed by atoms with van der Waals surface area (Å²) in [6.07, 6.45) is 2.66. The molecule has 0 aromatic heterocycles. The highest BCUT2D eigenvalue weighted by Gasteiger charge is 2.19. The second-order valence-corrected chi connectivity index (χ2v) is 7.62. The number of nitrogens with one attached hydrogen (secondary N) is 1. The van der Waals surface area contributed by atoms with Crippen LogP contribution in [0.3, 0.4) is 0 Å². The van der Waals surface area contributed by atoms with Crippen molar-refractivity contribution in [3.63, 3.8) is 0 Å². The molecule has 2 aromatic carbocycles. The van der Waals surface area contributed by atoms with Gasteiger partial charge in [-0.3, -0.25) is 9.78 Å². The fraction of sp³-hybridized carbons (Fsp3) is 0.360. The molecular formula is C25H29FN4O2. The molecule has 1 unspecified atom stereocenters. The first-order valence-electron chi connectivity index (χ1n) is 11.1. The number of benzene rings is 2. The monoisotopic (exact) mass is 436 g/mol. The molecule has 0 bridgehead atoms. The van der Waals surface area contributed by atoms with Crippen molar-refractivity contribution in [2.75, 3.05) is 0 Å². The second-order valence-electron chi connectivity index (χ2n) is 7.62. The standard InChI is InChI=1S/C23H23FN4O2.C2H6/c1-3-4-15-5-10-19-18(13-15)25-20-21(26-23(30)27-22(20)29)28(19)12-11-14(2)16-6-8-17(24)9-7-16;1-2/h5-10,13-14H,3-4,11-12H2,1-2H3,(H,27,29,30);1-2H3. The van der Waals surface area contributed by atoms with Gasteiger partial charge in [-0.15, -0.1) is 0 Å². The summed E-state index contributed by atoms with van der Waals surface area (Å²) in [6, 6.07) is 12.5. The zero-order valence-electron chi connectivity index (χ0n) is 19.0. The Morgan fingerprint density at radius 2 is 1.78 bits per heavy atom. The number of nitrogens with zero attached hydrogens (tertiary/aromatic N) is 3. The number of aromatic nitrogens is 4. The average molecular weight is 437 g/mol. The predicted molar refractivity (Wildman–Crippen MR) is 126 cm³/mol. The molecule has 2 aliphatic rings. The zero-order valence-corrected chi connectivity index (χ0v) is 19.0. The number of H-pyrrole nitrogens is 1. The summed E-state index contributed by atoms with van der Waals surface area (Å²) in [4.78, 5) is 35.0. The van der Waals surface area contributed by atoms with Gasteiger partial charge < -0.3 is 4.57 Å². The Bertz CT molecular complexity index is 1280. The highest BCUT2D eigenvalue weighted by molar-refractivity contribution is 5.80. The van der Waals surface area contributed by atoms with E-state index in [1.807, 2.05) is 36.6 Å². The van der Waals surface area contributed by atoms with E-state index < -0.39 is 11.2 Å². The Kier molecular flexibility index (Phi) is 7.51. The third-order valence-electron chi connectivity index (χ3n) is 5.44. The summed E-state index contributed by atoms with van der Waals surface area (Å²) in [5, 5.41) is 0. The van der Waals surface area contributed by atoms with Crippen molar-refractivity contribution in [1.29, 1.82) is 0 Å². The van der Waals surface area contributed by atoms with Gasteiger partial charge in [0.15, 0.2) is 11.5 Å². The average Bonchev–Trinajstić information content (AvgIpc) is 2.79. The first-order valence-corrected chi connectivity index (χ1v) is 11.1. The van der Waals surface area contributed by atoms with E-state index in [4.69, 9.17) is 0 Å². The Hall–Kier alpha value is -3.35. The Labute approximate surface area is 186 Å². The molecule has 0 fully saturated rings. The second kappa shape index (κ2) is 10.3. The number of aromatic amines is 1. The molecule has 1 N–H and O–H groups in total. The van der Waals surface area contributed by atoms with Crippen molar-refractivity contribution in [1.82, 2.24) is 19.5 Å². The van der Waals surface area contributed by atoms with Crippen LogP contribution in [0.1, 0.15) is 57.6 Å². The third-order valence-corrected chi connectivity index (χ3v) is 5.44. The molecule has 6 nitrogen and oxygen atoms in total. The number of hydrogen-bond donors (Lipinski definition) is 1. The van der Waals surface area contributed by atoms with E-state index in [0.29, 0.717) is 12.1 Å². The van der Waals surface area contributed by atoms with Gasteiger partial charge in [0, 0.05) is 6.54 Å². The normalized spacial score (nSPS) is 11.9. The minimum atomic E-state index is -0.684. The van der Waals surface area contributed by atoms with Gasteiger partial charge in [-0.1, -0.05) is 52.3 Å². The number of halogens is 1. The van der Waals surface area contributed by atoms with Gasteiger partial charge in [0.05, 0.1) is 11.0 Å². The molecule has 2 aliphatic heterocycles. The van der Waals surface area contributed by atoms with Crippen LogP contribution in [0, 0.1) is 5.82 Å². The molecule has 168 valence electrons. The number of fused-ring (bicyclic) bond motifs is 2. The van der Waals surface area contributed by atoms with E-state index in [1.165, 1.54) is 12.1 Å².